The zero-order valence-electron chi connectivity index (χ0n) is 23.5. The molecular weight excluding hydrogens is 495 g/mol. The van der Waals surface area contributed by atoms with Gasteiger partial charge in [0, 0.05) is 64.4 Å². The molecule has 2 heterocycles. The Hall–Kier alpha value is -2.76. The number of esters is 2. The van der Waals surface area contributed by atoms with Crippen molar-refractivity contribution in [3.05, 3.63) is 71.8 Å². The zero-order chi connectivity index (χ0) is 28.0. The first-order chi connectivity index (χ1) is 18.9. The highest BCUT2D eigenvalue weighted by molar-refractivity contribution is 6.45. The van der Waals surface area contributed by atoms with Crippen molar-refractivity contribution in [1.82, 2.24) is 19.9 Å². The average Bonchev–Trinajstić information content (AvgIpc) is 2.96. The van der Waals surface area contributed by atoms with Crippen LogP contribution in [0.3, 0.4) is 0 Å². The second-order valence-corrected chi connectivity index (χ2v) is 10.2. The Morgan fingerprint density at radius 3 is 2.05 bits per heavy atom. The molecule has 0 radical (unpaired) electrons. The monoisotopic (exact) mass is 538 g/mol. The number of rotatable bonds is 9. The summed E-state index contributed by atoms with van der Waals surface area (Å²) >= 11 is 0. The molecule has 2 atom stereocenters. The van der Waals surface area contributed by atoms with Gasteiger partial charge < -0.3 is 24.6 Å². The van der Waals surface area contributed by atoms with Crippen molar-refractivity contribution < 1.29 is 24.1 Å². The predicted octanol–water partition coefficient (Wildman–Crippen LogP) is 1.87. The van der Waals surface area contributed by atoms with E-state index in [9.17, 15) is 14.6 Å². The van der Waals surface area contributed by atoms with Gasteiger partial charge in [0.05, 0.1) is 27.1 Å². The number of carbonyl (C=O) groups is 2. The molecule has 2 aliphatic rings. The molecule has 10 heteroatoms. The Labute approximate surface area is 233 Å². The minimum absolute atomic E-state index is 0.0887. The van der Waals surface area contributed by atoms with Gasteiger partial charge in [-0.25, -0.2) is 0 Å². The van der Waals surface area contributed by atoms with Gasteiger partial charge in [0.15, 0.2) is 0 Å². The molecule has 2 N–H and O–H groups in total. The predicted molar refractivity (Wildman–Crippen MR) is 153 cm³/mol. The fraction of sp³-hybridized carbons (Fsp3) is 0.517. The summed E-state index contributed by atoms with van der Waals surface area (Å²) in [5.41, 5.74) is 2.60. The van der Waals surface area contributed by atoms with Crippen LogP contribution in [-0.2, 0) is 32.2 Å². The summed E-state index contributed by atoms with van der Waals surface area (Å²) in [6, 6.07) is 21.2. The first-order valence-corrected chi connectivity index (χ1v) is 13.7. The molecule has 9 nitrogen and oxygen atoms in total. The molecule has 0 spiro atoms. The van der Waals surface area contributed by atoms with Crippen molar-refractivity contribution in [1.29, 1.82) is 0 Å². The third-order valence-electron chi connectivity index (χ3n) is 7.25. The van der Waals surface area contributed by atoms with Crippen molar-refractivity contribution in [2.45, 2.75) is 44.8 Å². The number of nitrogens with zero attached hydrogens (tertiary/aromatic N) is 3. The Balaban J connectivity index is 0.000000255. The summed E-state index contributed by atoms with van der Waals surface area (Å²) in [6.45, 7) is 8.70. The van der Waals surface area contributed by atoms with Crippen molar-refractivity contribution in [2.75, 3.05) is 53.5 Å². The lowest BCUT2D eigenvalue weighted by Crippen LogP contribution is -2.55. The molecule has 2 aliphatic heterocycles. The molecule has 2 aromatic rings. The van der Waals surface area contributed by atoms with Crippen molar-refractivity contribution >= 4 is 19.0 Å². The Kier molecular flexibility index (Phi) is 12.9. The lowest BCUT2D eigenvalue weighted by atomic mass is 9.83. The van der Waals surface area contributed by atoms with E-state index < -0.39 is 7.05 Å². The van der Waals surface area contributed by atoms with E-state index in [0.717, 1.165) is 45.8 Å². The molecule has 2 aromatic carbocycles. The molecule has 2 fully saturated rings. The standard InChI is InChI=1S/C21H26N2O2.C8H17BN2O3/c1-25-21(24)14-20-17-22(15-18-8-4-2-5-9-18)12-13-23(20)16-19-10-6-3-7-11-19;1-9(13)11-4-3-10-7(6-11)5-8(12)14-2/h2-11,20H,12-17H2,1H3;7,10,13H,3-6H2,1-2H3. The zero-order valence-corrected chi connectivity index (χ0v) is 23.5. The number of hydrogen-bond donors (Lipinski definition) is 2. The van der Waals surface area contributed by atoms with Crippen molar-refractivity contribution in [3.63, 3.8) is 0 Å². The second kappa shape index (κ2) is 16.4. The molecule has 2 saturated heterocycles. The van der Waals surface area contributed by atoms with Crippen LogP contribution in [0.25, 0.3) is 0 Å². The quantitative estimate of drug-likeness (QED) is 0.367. The summed E-state index contributed by atoms with van der Waals surface area (Å²) in [5, 5.41) is 12.6. The highest BCUT2D eigenvalue weighted by Crippen LogP contribution is 2.19. The van der Waals surface area contributed by atoms with E-state index >= 15 is 0 Å². The minimum atomic E-state index is -0.447. The number of hydrogen-bond acceptors (Lipinski definition) is 9. The van der Waals surface area contributed by atoms with Gasteiger partial charge >= 0.3 is 19.0 Å². The number of ether oxygens (including phenoxy) is 2. The van der Waals surface area contributed by atoms with E-state index in [2.05, 4.69) is 68.4 Å². The van der Waals surface area contributed by atoms with Crippen LogP contribution in [0.5, 0.6) is 0 Å². The van der Waals surface area contributed by atoms with Crippen LogP contribution in [0.15, 0.2) is 60.7 Å². The van der Waals surface area contributed by atoms with Crippen LogP contribution in [0.1, 0.15) is 24.0 Å². The van der Waals surface area contributed by atoms with E-state index in [1.54, 1.807) is 6.82 Å². The summed E-state index contributed by atoms with van der Waals surface area (Å²) in [4.78, 5) is 29.7. The van der Waals surface area contributed by atoms with Crippen LogP contribution in [-0.4, -0.2) is 104 Å². The van der Waals surface area contributed by atoms with Gasteiger partial charge in [0.2, 0.25) is 0 Å². The van der Waals surface area contributed by atoms with E-state index in [4.69, 9.17) is 4.74 Å². The minimum Gasteiger partial charge on any atom is -0.469 e. The lowest BCUT2D eigenvalue weighted by molar-refractivity contribution is -0.143. The van der Waals surface area contributed by atoms with Gasteiger partial charge in [-0.15, -0.1) is 0 Å². The molecule has 0 bridgehead atoms. The molecule has 212 valence electrons. The van der Waals surface area contributed by atoms with Gasteiger partial charge in [-0.1, -0.05) is 60.7 Å². The Morgan fingerprint density at radius 1 is 0.872 bits per heavy atom. The second-order valence-electron chi connectivity index (χ2n) is 10.2. The molecule has 0 saturated carbocycles. The van der Waals surface area contributed by atoms with E-state index in [0.29, 0.717) is 19.4 Å². The van der Waals surface area contributed by atoms with Crippen LogP contribution in [0.2, 0.25) is 6.82 Å². The fourth-order valence-corrected chi connectivity index (χ4v) is 5.05. The third-order valence-corrected chi connectivity index (χ3v) is 7.25. The van der Waals surface area contributed by atoms with Crippen molar-refractivity contribution in [2.24, 2.45) is 0 Å². The fourth-order valence-electron chi connectivity index (χ4n) is 5.05. The topological polar surface area (TPSA) is 94.6 Å². The van der Waals surface area contributed by atoms with Crippen LogP contribution < -0.4 is 5.32 Å². The SMILES string of the molecule is COC(=O)CC1CN(B(C)O)CCN1.COC(=O)CC1CN(Cc2ccccc2)CCN1Cc1ccccc1. The third kappa shape index (κ3) is 10.7. The van der Waals surface area contributed by atoms with E-state index in [1.165, 1.54) is 25.3 Å². The van der Waals surface area contributed by atoms with E-state index in [1.807, 2.05) is 16.9 Å². The summed E-state index contributed by atoms with van der Waals surface area (Å²) in [7, 11) is 2.41. The first kappa shape index (κ1) is 30.8. The molecular formula is C29H43BN4O5. The number of benzene rings is 2. The largest absolute Gasteiger partial charge is 0.469 e. The highest BCUT2D eigenvalue weighted by atomic mass is 16.5. The molecule has 4 rings (SSSR count). The van der Waals surface area contributed by atoms with Gasteiger partial charge in [0.25, 0.3) is 0 Å². The Bertz CT molecular complexity index is 998. The molecule has 2 unspecified atom stereocenters. The number of methoxy groups -OCH3 is 2. The lowest BCUT2D eigenvalue weighted by Gasteiger charge is -2.41. The highest BCUT2D eigenvalue weighted by Gasteiger charge is 2.29. The average molecular weight is 538 g/mol. The van der Waals surface area contributed by atoms with Gasteiger partial charge in [-0.3, -0.25) is 19.4 Å². The first-order valence-electron chi connectivity index (χ1n) is 13.7. The molecule has 0 amide bonds. The van der Waals surface area contributed by atoms with Gasteiger partial charge in [-0.2, -0.15) is 0 Å². The Morgan fingerprint density at radius 2 is 1.46 bits per heavy atom. The van der Waals surface area contributed by atoms with Gasteiger partial charge in [-0.05, 0) is 17.9 Å². The van der Waals surface area contributed by atoms with Crippen molar-refractivity contribution in [3.8, 4) is 0 Å². The van der Waals surface area contributed by atoms with Gasteiger partial charge in [0.1, 0.15) is 0 Å². The summed E-state index contributed by atoms with van der Waals surface area (Å²) in [5.74, 6) is -0.348. The summed E-state index contributed by atoms with van der Waals surface area (Å²) in [6.07, 6.45) is 0.800. The maximum absolute atomic E-state index is 11.9. The molecule has 0 aromatic heterocycles. The van der Waals surface area contributed by atoms with Crippen LogP contribution in [0.4, 0.5) is 0 Å². The van der Waals surface area contributed by atoms with Crippen LogP contribution >= 0.6 is 0 Å². The normalized spacial score (nSPS) is 20.4. The number of carbonyl (C=O) groups excluding carboxylic acids is 2. The molecule has 39 heavy (non-hydrogen) atoms. The maximum Gasteiger partial charge on any atom is 0.376 e. The molecule has 0 aliphatic carbocycles. The number of piperazine rings is 2. The number of nitrogens with one attached hydrogen (secondary N) is 1. The maximum atomic E-state index is 11.9. The van der Waals surface area contributed by atoms with E-state index in [-0.39, 0.29) is 24.0 Å². The van der Waals surface area contributed by atoms with Crippen LogP contribution in [0, 0.1) is 0 Å². The smallest absolute Gasteiger partial charge is 0.376 e. The summed E-state index contributed by atoms with van der Waals surface area (Å²) < 4.78 is 9.51.